The summed E-state index contributed by atoms with van der Waals surface area (Å²) in [4.78, 5) is 13.4. The highest BCUT2D eigenvalue weighted by Crippen LogP contribution is 2.22. The number of amides is 1. The van der Waals surface area contributed by atoms with E-state index in [9.17, 15) is 4.79 Å². The van der Waals surface area contributed by atoms with Crippen LogP contribution in [0, 0.1) is 0 Å². The van der Waals surface area contributed by atoms with E-state index in [1.54, 1.807) is 0 Å². The first-order valence-corrected chi connectivity index (χ1v) is 5.69. The highest BCUT2D eigenvalue weighted by atomic mass is 79.9. The minimum atomic E-state index is 0.277. The fourth-order valence-corrected chi connectivity index (χ4v) is 2.09. The molecule has 0 aromatic heterocycles. The van der Waals surface area contributed by atoms with Crippen molar-refractivity contribution in [2.45, 2.75) is 38.1 Å². The van der Waals surface area contributed by atoms with Gasteiger partial charge in [-0.3, -0.25) is 4.79 Å². The van der Waals surface area contributed by atoms with E-state index in [1.165, 1.54) is 25.7 Å². The Balaban J connectivity index is 2.34. The zero-order valence-corrected chi connectivity index (χ0v) is 9.14. The van der Waals surface area contributed by atoms with Gasteiger partial charge in [-0.15, -0.1) is 0 Å². The summed E-state index contributed by atoms with van der Waals surface area (Å²) in [5.41, 5.74) is 0. The molecule has 0 radical (unpaired) electrons. The Kier molecular flexibility index (Phi) is 4.06. The normalized spacial score (nSPS) is 18.2. The molecule has 0 aliphatic heterocycles. The number of carbonyl (C=O) groups excluding carboxylic acids is 1. The highest BCUT2D eigenvalue weighted by molar-refractivity contribution is 9.09. The van der Waals surface area contributed by atoms with Gasteiger partial charge in [0.05, 0.1) is 0 Å². The lowest BCUT2D eigenvalue weighted by Gasteiger charge is -2.23. The summed E-state index contributed by atoms with van der Waals surface area (Å²) < 4.78 is 0. The van der Waals surface area contributed by atoms with Crippen molar-refractivity contribution in [2.24, 2.45) is 0 Å². The van der Waals surface area contributed by atoms with Crippen LogP contribution >= 0.6 is 15.9 Å². The molecule has 1 rings (SSSR count). The monoisotopic (exact) mass is 233 g/mol. The lowest BCUT2D eigenvalue weighted by atomic mass is 10.2. The topological polar surface area (TPSA) is 20.3 Å². The molecule has 12 heavy (non-hydrogen) atoms. The van der Waals surface area contributed by atoms with Crippen molar-refractivity contribution in [3.63, 3.8) is 0 Å². The van der Waals surface area contributed by atoms with Crippen LogP contribution in [0.25, 0.3) is 0 Å². The van der Waals surface area contributed by atoms with Gasteiger partial charge in [0.2, 0.25) is 5.91 Å². The Morgan fingerprint density at radius 1 is 1.50 bits per heavy atom. The van der Waals surface area contributed by atoms with E-state index in [1.807, 2.05) is 11.9 Å². The minimum absolute atomic E-state index is 0.277. The van der Waals surface area contributed by atoms with Crippen LogP contribution in [0.15, 0.2) is 0 Å². The molecule has 1 aliphatic rings. The van der Waals surface area contributed by atoms with Crippen molar-refractivity contribution in [1.82, 2.24) is 4.90 Å². The van der Waals surface area contributed by atoms with Crippen LogP contribution < -0.4 is 0 Å². The number of carbonyl (C=O) groups is 1. The first kappa shape index (κ1) is 10.0. The molecule has 1 saturated carbocycles. The molecule has 0 unspecified atom stereocenters. The zero-order valence-electron chi connectivity index (χ0n) is 7.55. The molecule has 2 nitrogen and oxygen atoms in total. The van der Waals surface area contributed by atoms with Crippen LogP contribution in [0.1, 0.15) is 32.1 Å². The van der Waals surface area contributed by atoms with Gasteiger partial charge in [-0.1, -0.05) is 28.8 Å². The van der Waals surface area contributed by atoms with E-state index in [-0.39, 0.29) is 5.91 Å². The third-order valence-corrected chi connectivity index (χ3v) is 2.97. The van der Waals surface area contributed by atoms with Crippen LogP contribution in [-0.4, -0.2) is 29.2 Å². The van der Waals surface area contributed by atoms with Gasteiger partial charge in [-0.05, 0) is 12.8 Å². The molecule has 0 heterocycles. The first-order chi connectivity index (χ1) is 5.75. The number of hydrogen-bond acceptors (Lipinski definition) is 1. The van der Waals surface area contributed by atoms with Crippen LogP contribution in [0.5, 0.6) is 0 Å². The van der Waals surface area contributed by atoms with E-state index < -0.39 is 0 Å². The number of nitrogens with zero attached hydrogens (tertiary/aromatic N) is 1. The van der Waals surface area contributed by atoms with E-state index in [4.69, 9.17) is 0 Å². The summed E-state index contributed by atoms with van der Waals surface area (Å²) in [7, 11) is 1.93. The Morgan fingerprint density at radius 3 is 2.58 bits per heavy atom. The maximum atomic E-state index is 11.4. The summed E-state index contributed by atoms with van der Waals surface area (Å²) in [6, 6.07) is 0.525. The van der Waals surface area contributed by atoms with Gasteiger partial charge in [0.25, 0.3) is 0 Å². The van der Waals surface area contributed by atoms with Crippen LogP contribution in [0.3, 0.4) is 0 Å². The Hall–Kier alpha value is -0.0500. The number of halogens is 1. The Bertz CT molecular complexity index is 155. The molecule has 0 aromatic rings. The van der Waals surface area contributed by atoms with Gasteiger partial charge in [0.15, 0.2) is 0 Å². The minimum Gasteiger partial charge on any atom is -0.343 e. The van der Waals surface area contributed by atoms with E-state index in [2.05, 4.69) is 15.9 Å². The zero-order chi connectivity index (χ0) is 8.97. The van der Waals surface area contributed by atoms with Gasteiger partial charge in [0.1, 0.15) is 0 Å². The number of alkyl halides is 1. The number of hydrogen-bond donors (Lipinski definition) is 0. The fraction of sp³-hybridized carbons (Fsp3) is 0.889. The molecule has 0 spiro atoms. The third-order valence-electron chi connectivity index (χ3n) is 2.57. The van der Waals surface area contributed by atoms with Gasteiger partial charge >= 0.3 is 0 Å². The molecule has 0 bridgehead atoms. The van der Waals surface area contributed by atoms with Crippen molar-refractivity contribution >= 4 is 21.8 Å². The first-order valence-electron chi connectivity index (χ1n) is 4.57. The molecular formula is C9H16BrNO. The van der Waals surface area contributed by atoms with Gasteiger partial charge in [0, 0.05) is 24.8 Å². The Morgan fingerprint density at radius 2 is 2.08 bits per heavy atom. The quantitative estimate of drug-likeness (QED) is 0.685. The molecule has 0 aromatic carbocycles. The largest absolute Gasteiger partial charge is 0.343 e. The summed E-state index contributed by atoms with van der Waals surface area (Å²) in [5, 5.41) is 0.781. The van der Waals surface area contributed by atoms with E-state index in [0.717, 1.165) is 5.33 Å². The second kappa shape index (κ2) is 4.85. The van der Waals surface area contributed by atoms with Crippen molar-refractivity contribution in [3.8, 4) is 0 Å². The molecular weight excluding hydrogens is 218 g/mol. The fourth-order valence-electron chi connectivity index (χ4n) is 1.75. The summed E-state index contributed by atoms with van der Waals surface area (Å²) in [5.74, 6) is 0.277. The molecule has 0 saturated heterocycles. The lowest BCUT2D eigenvalue weighted by molar-refractivity contribution is -0.131. The summed E-state index contributed by atoms with van der Waals surface area (Å²) >= 11 is 3.28. The second-order valence-electron chi connectivity index (χ2n) is 3.38. The van der Waals surface area contributed by atoms with Gasteiger partial charge in [-0.25, -0.2) is 0 Å². The standard InChI is InChI=1S/C9H16BrNO/c1-11(9(12)6-7-10)8-4-2-3-5-8/h8H,2-7H2,1H3. The molecule has 3 heteroatoms. The Labute approximate surface area is 82.4 Å². The van der Waals surface area contributed by atoms with Crippen molar-refractivity contribution in [3.05, 3.63) is 0 Å². The van der Waals surface area contributed by atoms with Gasteiger partial charge < -0.3 is 4.90 Å². The lowest BCUT2D eigenvalue weighted by Crippen LogP contribution is -2.35. The summed E-state index contributed by atoms with van der Waals surface area (Å²) in [6.45, 7) is 0. The SMILES string of the molecule is CN(C(=O)CCBr)C1CCCC1. The second-order valence-corrected chi connectivity index (χ2v) is 4.17. The van der Waals surface area contributed by atoms with E-state index >= 15 is 0 Å². The average Bonchev–Trinajstić information content (AvgIpc) is 2.55. The van der Waals surface area contributed by atoms with Gasteiger partial charge in [-0.2, -0.15) is 0 Å². The van der Waals surface area contributed by atoms with Crippen molar-refractivity contribution < 1.29 is 4.79 Å². The molecule has 1 aliphatic carbocycles. The van der Waals surface area contributed by atoms with Crippen LogP contribution in [-0.2, 0) is 4.79 Å². The van der Waals surface area contributed by atoms with Crippen molar-refractivity contribution in [2.75, 3.05) is 12.4 Å². The predicted molar refractivity (Wildman–Crippen MR) is 53.4 cm³/mol. The van der Waals surface area contributed by atoms with Crippen LogP contribution in [0.2, 0.25) is 0 Å². The van der Waals surface area contributed by atoms with Crippen molar-refractivity contribution in [1.29, 1.82) is 0 Å². The van der Waals surface area contributed by atoms with Crippen LogP contribution in [0.4, 0.5) is 0 Å². The third kappa shape index (κ3) is 2.47. The van der Waals surface area contributed by atoms with E-state index in [0.29, 0.717) is 12.5 Å². The molecule has 1 fully saturated rings. The average molecular weight is 234 g/mol. The maximum Gasteiger partial charge on any atom is 0.223 e. The number of rotatable bonds is 3. The predicted octanol–water partition coefficient (Wildman–Crippen LogP) is 2.17. The molecule has 70 valence electrons. The summed E-state index contributed by atoms with van der Waals surface area (Å²) in [6.07, 6.45) is 5.61. The molecule has 1 amide bonds. The maximum absolute atomic E-state index is 11.4. The molecule has 0 atom stereocenters. The molecule has 0 N–H and O–H groups in total. The smallest absolute Gasteiger partial charge is 0.223 e. The highest BCUT2D eigenvalue weighted by Gasteiger charge is 2.22.